The van der Waals surface area contributed by atoms with E-state index in [2.05, 4.69) is 24.4 Å². The molecule has 0 aliphatic rings. The zero-order valence-electron chi connectivity index (χ0n) is 14.4. The van der Waals surface area contributed by atoms with Crippen molar-refractivity contribution in [1.29, 1.82) is 0 Å². The topological polar surface area (TPSA) is 58.3 Å². The number of hydrogen-bond acceptors (Lipinski definition) is 3. The first-order valence-corrected chi connectivity index (χ1v) is 8.27. The maximum Gasteiger partial charge on any atom is 0.108 e. The maximum atomic E-state index is 13.0. The Balaban J connectivity index is 2.47. The third-order valence-corrected chi connectivity index (χ3v) is 3.77. The third kappa shape index (κ3) is 7.81. The molecule has 5 heteroatoms. The first-order valence-electron chi connectivity index (χ1n) is 8.27. The summed E-state index contributed by atoms with van der Waals surface area (Å²) in [6.45, 7) is 3.66. The molecule has 3 nitrogen and oxygen atoms in total. The smallest absolute Gasteiger partial charge is 0.108 e. The van der Waals surface area contributed by atoms with Crippen LogP contribution in [0.5, 0.6) is 0 Å². The highest BCUT2D eigenvalue weighted by atomic mass is 19.1. The van der Waals surface area contributed by atoms with E-state index in [9.17, 15) is 13.9 Å². The molecule has 0 radical (unpaired) electrons. The SMILES string of the molecule is CCc1cccc(CNC[C@@H](O)[C@@H](N)CC(=C/CF)/C=C(\C)F)c1. The van der Waals surface area contributed by atoms with E-state index in [1.807, 2.05) is 12.1 Å². The molecule has 0 spiro atoms. The summed E-state index contributed by atoms with van der Waals surface area (Å²) >= 11 is 0. The zero-order chi connectivity index (χ0) is 17.9. The van der Waals surface area contributed by atoms with E-state index in [1.54, 1.807) is 0 Å². The highest BCUT2D eigenvalue weighted by Gasteiger charge is 2.15. The number of nitrogens with two attached hydrogens (primary N) is 1. The predicted molar refractivity (Wildman–Crippen MR) is 95.0 cm³/mol. The van der Waals surface area contributed by atoms with Gasteiger partial charge >= 0.3 is 0 Å². The Bertz CT molecular complexity index is 554. The van der Waals surface area contributed by atoms with Crippen molar-refractivity contribution in [2.24, 2.45) is 5.73 Å². The molecule has 0 amide bonds. The van der Waals surface area contributed by atoms with Crippen LogP contribution < -0.4 is 11.1 Å². The van der Waals surface area contributed by atoms with Crippen molar-refractivity contribution in [3.05, 3.63) is 58.9 Å². The minimum absolute atomic E-state index is 0.222. The van der Waals surface area contributed by atoms with Crippen LogP contribution in [0.2, 0.25) is 0 Å². The molecular weight excluding hydrogens is 310 g/mol. The molecule has 0 bridgehead atoms. The monoisotopic (exact) mass is 338 g/mol. The van der Waals surface area contributed by atoms with Crippen molar-refractivity contribution < 1.29 is 13.9 Å². The standard InChI is InChI=1S/C19H28F2N2O/c1-3-15-5-4-6-17(10-15)12-23-13-19(24)18(22)11-16(7-8-20)9-14(2)21/h4-7,9-10,18-19,23-24H,3,8,11-13,22H2,1-2H3/b14-9+,16-7+/t18-,19+/m0/s1. The number of aliphatic hydroxyl groups excluding tert-OH is 1. The van der Waals surface area contributed by atoms with Crippen LogP contribution >= 0.6 is 0 Å². The van der Waals surface area contributed by atoms with Crippen LogP contribution in [0.1, 0.15) is 31.4 Å². The maximum absolute atomic E-state index is 13.0. The third-order valence-electron chi connectivity index (χ3n) is 3.77. The fourth-order valence-corrected chi connectivity index (χ4v) is 2.44. The second kappa shape index (κ2) is 11.1. The lowest BCUT2D eigenvalue weighted by Gasteiger charge is -2.20. The van der Waals surface area contributed by atoms with E-state index in [1.165, 1.54) is 24.6 Å². The Morgan fingerprint density at radius 1 is 1.38 bits per heavy atom. The first-order chi connectivity index (χ1) is 11.5. The van der Waals surface area contributed by atoms with Crippen LogP contribution in [0.25, 0.3) is 0 Å². The van der Waals surface area contributed by atoms with Crippen LogP contribution in [0.15, 0.2) is 47.8 Å². The second-order valence-corrected chi connectivity index (χ2v) is 5.90. The van der Waals surface area contributed by atoms with Crippen LogP contribution in [0, 0.1) is 0 Å². The molecule has 0 unspecified atom stereocenters. The lowest BCUT2D eigenvalue weighted by molar-refractivity contribution is 0.141. The van der Waals surface area contributed by atoms with E-state index in [0.29, 0.717) is 18.7 Å². The lowest BCUT2D eigenvalue weighted by Crippen LogP contribution is -2.41. The van der Waals surface area contributed by atoms with E-state index >= 15 is 0 Å². The average Bonchev–Trinajstić information content (AvgIpc) is 2.54. The highest BCUT2D eigenvalue weighted by Crippen LogP contribution is 2.12. The van der Waals surface area contributed by atoms with Gasteiger partial charge in [-0.1, -0.05) is 37.3 Å². The number of alkyl halides is 1. The molecule has 0 aromatic heterocycles. The minimum Gasteiger partial charge on any atom is -0.390 e. The molecule has 0 fully saturated rings. The average molecular weight is 338 g/mol. The summed E-state index contributed by atoms with van der Waals surface area (Å²) in [5, 5.41) is 13.3. The summed E-state index contributed by atoms with van der Waals surface area (Å²) in [6, 6.07) is 7.64. The summed E-state index contributed by atoms with van der Waals surface area (Å²) < 4.78 is 25.4. The molecule has 0 heterocycles. The Morgan fingerprint density at radius 3 is 2.71 bits per heavy atom. The number of aryl methyl sites for hydroxylation is 1. The second-order valence-electron chi connectivity index (χ2n) is 5.90. The van der Waals surface area contributed by atoms with Gasteiger partial charge in [0.1, 0.15) is 6.67 Å². The van der Waals surface area contributed by atoms with Crippen LogP contribution in [-0.4, -0.2) is 30.5 Å². The van der Waals surface area contributed by atoms with Gasteiger partial charge in [0.2, 0.25) is 0 Å². The van der Waals surface area contributed by atoms with Gasteiger partial charge in [-0.05, 0) is 42.5 Å². The van der Waals surface area contributed by atoms with Gasteiger partial charge in [-0.25, -0.2) is 8.78 Å². The summed E-state index contributed by atoms with van der Waals surface area (Å²) in [7, 11) is 0. The number of benzene rings is 1. The van der Waals surface area contributed by atoms with E-state index < -0.39 is 24.6 Å². The van der Waals surface area contributed by atoms with E-state index in [-0.39, 0.29) is 6.42 Å². The molecule has 1 aromatic rings. The molecule has 0 saturated heterocycles. The van der Waals surface area contributed by atoms with Gasteiger partial charge in [0, 0.05) is 19.1 Å². The predicted octanol–water partition coefficient (Wildman–Crippen LogP) is 3.19. The number of allylic oxidation sites excluding steroid dienone is 3. The Labute approximate surface area is 143 Å². The lowest BCUT2D eigenvalue weighted by atomic mass is 10.0. The Hall–Kier alpha value is -1.56. The van der Waals surface area contributed by atoms with Crippen molar-refractivity contribution in [2.45, 2.75) is 45.4 Å². The van der Waals surface area contributed by atoms with Crippen LogP contribution in [0.4, 0.5) is 8.78 Å². The van der Waals surface area contributed by atoms with Gasteiger partial charge in [-0.2, -0.15) is 0 Å². The summed E-state index contributed by atoms with van der Waals surface area (Å²) in [6.07, 6.45) is 2.93. The minimum atomic E-state index is -0.796. The van der Waals surface area contributed by atoms with Crippen molar-refractivity contribution in [2.75, 3.05) is 13.2 Å². The van der Waals surface area contributed by atoms with Gasteiger partial charge in [0.25, 0.3) is 0 Å². The van der Waals surface area contributed by atoms with Crippen molar-refractivity contribution >= 4 is 0 Å². The number of rotatable bonds is 10. The highest BCUT2D eigenvalue weighted by molar-refractivity contribution is 5.23. The molecule has 0 saturated carbocycles. The number of halogens is 2. The molecular formula is C19H28F2N2O. The van der Waals surface area contributed by atoms with Gasteiger partial charge in [0.05, 0.1) is 11.9 Å². The quantitative estimate of drug-likeness (QED) is 0.574. The summed E-state index contributed by atoms with van der Waals surface area (Å²) in [5.74, 6) is -0.412. The van der Waals surface area contributed by atoms with Crippen LogP contribution in [0.3, 0.4) is 0 Å². The Kier molecular flexibility index (Phi) is 9.45. The van der Waals surface area contributed by atoms with E-state index in [0.717, 1.165) is 12.0 Å². The van der Waals surface area contributed by atoms with Gasteiger partial charge in [0.15, 0.2) is 0 Å². The van der Waals surface area contributed by atoms with Crippen molar-refractivity contribution in [3.8, 4) is 0 Å². The fourth-order valence-electron chi connectivity index (χ4n) is 2.44. The first kappa shape index (κ1) is 20.5. The van der Waals surface area contributed by atoms with Crippen molar-refractivity contribution in [3.63, 3.8) is 0 Å². The van der Waals surface area contributed by atoms with Gasteiger partial charge in [-0.15, -0.1) is 0 Å². The summed E-state index contributed by atoms with van der Waals surface area (Å²) in [5.41, 5.74) is 8.81. The number of aliphatic hydroxyl groups is 1. The van der Waals surface area contributed by atoms with Gasteiger partial charge in [-0.3, -0.25) is 0 Å². The molecule has 1 aromatic carbocycles. The van der Waals surface area contributed by atoms with E-state index in [4.69, 9.17) is 5.73 Å². The number of hydrogen-bond donors (Lipinski definition) is 3. The molecule has 2 atom stereocenters. The fraction of sp³-hybridized carbons (Fsp3) is 0.474. The molecule has 0 aliphatic heterocycles. The normalized spacial score (nSPS) is 15.4. The van der Waals surface area contributed by atoms with Gasteiger partial charge < -0.3 is 16.2 Å². The zero-order valence-corrected chi connectivity index (χ0v) is 14.4. The molecule has 4 N–H and O–H groups in total. The molecule has 134 valence electrons. The largest absolute Gasteiger partial charge is 0.390 e. The molecule has 1 rings (SSSR count). The molecule has 0 aliphatic carbocycles. The Morgan fingerprint density at radius 2 is 2.08 bits per heavy atom. The van der Waals surface area contributed by atoms with Crippen LogP contribution in [-0.2, 0) is 13.0 Å². The van der Waals surface area contributed by atoms with Crippen molar-refractivity contribution in [1.82, 2.24) is 5.32 Å². The number of nitrogens with one attached hydrogen (secondary N) is 1. The summed E-state index contributed by atoms with van der Waals surface area (Å²) in [4.78, 5) is 0. The molecule has 24 heavy (non-hydrogen) atoms.